The van der Waals surface area contributed by atoms with Crippen LogP contribution in [0.2, 0.25) is 0 Å². The monoisotopic (exact) mass is 281 g/mol. The van der Waals surface area contributed by atoms with Crippen molar-refractivity contribution in [2.24, 2.45) is 0 Å². The molecule has 0 aromatic rings. The number of likely N-dealkylation sites (N-methyl/N-ethyl adjacent to an activating group) is 1. The van der Waals surface area contributed by atoms with E-state index in [9.17, 15) is 18.0 Å². The summed E-state index contributed by atoms with van der Waals surface area (Å²) < 4.78 is 35.7. The van der Waals surface area contributed by atoms with Crippen LogP contribution in [0.3, 0.4) is 0 Å². The molecule has 0 spiro atoms. The first-order chi connectivity index (χ1) is 8.93. The predicted octanol–water partition coefficient (Wildman–Crippen LogP) is 1.08. The summed E-state index contributed by atoms with van der Waals surface area (Å²) in [5.74, 6) is -1.84. The van der Waals surface area contributed by atoms with Crippen LogP contribution < -0.4 is 5.32 Å². The van der Waals surface area contributed by atoms with Crippen molar-refractivity contribution < 1.29 is 18.0 Å². The van der Waals surface area contributed by atoms with E-state index >= 15 is 0 Å². The smallest absolute Gasteiger partial charge is 0.348 e. The summed E-state index contributed by atoms with van der Waals surface area (Å²) in [6.07, 6.45) is -3.38. The van der Waals surface area contributed by atoms with Crippen LogP contribution >= 0.6 is 0 Å². The molecule has 0 aliphatic carbocycles. The largest absolute Gasteiger partial charge is 0.471 e. The van der Waals surface area contributed by atoms with E-state index in [-0.39, 0.29) is 6.54 Å². The zero-order chi connectivity index (χ0) is 14.3. The Hall–Kier alpha value is -0.820. The summed E-state index contributed by atoms with van der Waals surface area (Å²) in [5.41, 5.74) is 0. The van der Waals surface area contributed by atoms with E-state index in [0.717, 1.165) is 45.7 Å². The first-order valence-electron chi connectivity index (χ1n) is 6.73. The molecule has 0 unspecified atom stereocenters. The number of rotatable bonds is 6. The lowest BCUT2D eigenvalue weighted by atomic mass is 10.2. The minimum absolute atomic E-state index is 0.0905. The number of hydrogen-bond acceptors (Lipinski definition) is 3. The van der Waals surface area contributed by atoms with Gasteiger partial charge in [-0.25, -0.2) is 0 Å². The lowest BCUT2D eigenvalue weighted by Crippen LogP contribution is -2.46. The van der Waals surface area contributed by atoms with Crippen molar-refractivity contribution in [3.05, 3.63) is 0 Å². The molecular weight excluding hydrogens is 259 g/mol. The minimum atomic E-state index is -4.77. The molecule has 1 amide bonds. The first-order valence-corrected chi connectivity index (χ1v) is 6.73. The number of carbonyl (C=O) groups excluding carboxylic acids is 1. The van der Waals surface area contributed by atoms with E-state index in [1.165, 1.54) is 0 Å². The molecule has 0 aromatic carbocycles. The number of alkyl halides is 3. The molecule has 1 rings (SSSR count). The number of halogens is 3. The summed E-state index contributed by atoms with van der Waals surface area (Å²) in [6, 6.07) is 0. The highest BCUT2D eigenvalue weighted by Crippen LogP contribution is 2.13. The highest BCUT2D eigenvalue weighted by Gasteiger charge is 2.38. The Morgan fingerprint density at radius 3 is 2.21 bits per heavy atom. The van der Waals surface area contributed by atoms with Crippen molar-refractivity contribution in [1.29, 1.82) is 0 Å². The standard InChI is InChI=1S/C12H22F3N3O/c1-2-17-7-9-18(10-8-17)6-4-3-5-16-11(19)12(13,14)15/h2-10H2,1H3,(H,16,19). The molecule has 19 heavy (non-hydrogen) atoms. The first kappa shape index (κ1) is 16.2. The fraction of sp³-hybridized carbons (Fsp3) is 0.917. The summed E-state index contributed by atoms with van der Waals surface area (Å²) >= 11 is 0. The second-order valence-electron chi connectivity index (χ2n) is 4.74. The van der Waals surface area contributed by atoms with Crippen molar-refractivity contribution in [1.82, 2.24) is 15.1 Å². The number of hydrogen-bond donors (Lipinski definition) is 1. The van der Waals surface area contributed by atoms with Crippen molar-refractivity contribution in [3.8, 4) is 0 Å². The van der Waals surface area contributed by atoms with Gasteiger partial charge in [0.25, 0.3) is 0 Å². The SMILES string of the molecule is CCN1CCN(CCCCNC(=O)C(F)(F)F)CC1. The van der Waals surface area contributed by atoms with Gasteiger partial charge in [-0.05, 0) is 25.9 Å². The van der Waals surface area contributed by atoms with Crippen LogP contribution in [-0.4, -0.2) is 67.7 Å². The van der Waals surface area contributed by atoms with Gasteiger partial charge in [0.2, 0.25) is 0 Å². The quantitative estimate of drug-likeness (QED) is 0.740. The molecule has 0 radical (unpaired) electrons. The fourth-order valence-electron chi connectivity index (χ4n) is 2.09. The van der Waals surface area contributed by atoms with Crippen molar-refractivity contribution >= 4 is 5.91 Å². The molecule has 1 heterocycles. The Balaban J connectivity index is 2.01. The Labute approximate surface area is 111 Å². The lowest BCUT2D eigenvalue weighted by molar-refractivity contribution is -0.173. The van der Waals surface area contributed by atoms with Gasteiger partial charge in [0.05, 0.1) is 0 Å². The highest BCUT2D eigenvalue weighted by molar-refractivity contribution is 5.81. The van der Waals surface area contributed by atoms with Crippen LogP contribution in [0.5, 0.6) is 0 Å². The predicted molar refractivity (Wildman–Crippen MR) is 66.9 cm³/mol. The average molecular weight is 281 g/mol. The maximum atomic E-state index is 11.9. The number of nitrogens with one attached hydrogen (secondary N) is 1. The number of carbonyl (C=O) groups is 1. The zero-order valence-corrected chi connectivity index (χ0v) is 11.3. The van der Waals surface area contributed by atoms with Crippen molar-refractivity contribution in [2.45, 2.75) is 25.9 Å². The third-order valence-corrected chi connectivity index (χ3v) is 3.36. The number of nitrogens with zero attached hydrogens (tertiary/aromatic N) is 2. The van der Waals surface area contributed by atoms with Crippen molar-refractivity contribution in [2.75, 3.05) is 45.8 Å². The molecule has 0 saturated carbocycles. The second-order valence-corrected chi connectivity index (χ2v) is 4.74. The van der Waals surface area contributed by atoms with Gasteiger partial charge in [-0.3, -0.25) is 4.79 Å². The molecule has 112 valence electrons. The molecule has 7 heteroatoms. The van der Waals surface area contributed by atoms with Gasteiger partial charge in [0.15, 0.2) is 0 Å². The highest BCUT2D eigenvalue weighted by atomic mass is 19.4. The summed E-state index contributed by atoms with van der Waals surface area (Å²) in [7, 11) is 0. The molecule has 0 aromatic heterocycles. The Kier molecular flexibility index (Phi) is 6.57. The van der Waals surface area contributed by atoms with Crippen LogP contribution in [0.1, 0.15) is 19.8 Å². The minimum Gasteiger partial charge on any atom is -0.348 e. The Morgan fingerprint density at radius 2 is 1.68 bits per heavy atom. The lowest BCUT2D eigenvalue weighted by Gasteiger charge is -2.33. The third kappa shape index (κ3) is 6.24. The molecule has 4 nitrogen and oxygen atoms in total. The van der Waals surface area contributed by atoms with Gasteiger partial charge in [-0.2, -0.15) is 13.2 Å². The van der Waals surface area contributed by atoms with Crippen LogP contribution in [0.15, 0.2) is 0 Å². The zero-order valence-electron chi connectivity index (χ0n) is 11.3. The van der Waals surface area contributed by atoms with Gasteiger partial charge in [0.1, 0.15) is 0 Å². The van der Waals surface area contributed by atoms with E-state index in [4.69, 9.17) is 0 Å². The van der Waals surface area contributed by atoms with Gasteiger partial charge in [-0.15, -0.1) is 0 Å². The Morgan fingerprint density at radius 1 is 1.11 bits per heavy atom. The molecule has 0 atom stereocenters. The van der Waals surface area contributed by atoms with E-state index in [1.54, 1.807) is 0 Å². The van der Waals surface area contributed by atoms with Crippen LogP contribution in [-0.2, 0) is 4.79 Å². The van der Waals surface area contributed by atoms with Gasteiger partial charge >= 0.3 is 12.1 Å². The van der Waals surface area contributed by atoms with Gasteiger partial charge in [0, 0.05) is 32.7 Å². The van der Waals surface area contributed by atoms with Gasteiger partial charge in [-0.1, -0.05) is 6.92 Å². The normalized spacial score (nSPS) is 18.5. The molecule has 1 fully saturated rings. The van der Waals surface area contributed by atoms with E-state index < -0.39 is 12.1 Å². The molecule has 1 aliphatic heterocycles. The van der Waals surface area contributed by atoms with Crippen LogP contribution in [0.4, 0.5) is 13.2 Å². The van der Waals surface area contributed by atoms with Crippen LogP contribution in [0, 0.1) is 0 Å². The van der Waals surface area contributed by atoms with E-state index in [2.05, 4.69) is 16.7 Å². The molecule has 1 saturated heterocycles. The van der Waals surface area contributed by atoms with Crippen molar-refractivity contribution in [3.63, 3.8) is 0 Å². The van der Waals surface area contributed by atoms with E-state index in [1.807, 2.05) is 5.32 Å². The maximum Gasteiger partial charge on any atom is 0.471 e. The number of unbranched alkanes of at least 4 members (excludes halogenated alkanes) is 1. The number of piperazine rings is 1. The topological polar surface area (TPSA) is 35.6 Å². The summed E-state index contributed by atoms with van der Waals surface area (Å²) in [5, 5.41) is 1.89. The summed E-state index contributed by atoms with van der Waals surface area (Å²) in [4.78, 5) is 15.2. The maximum absolute atomic E-state index is 11.9. The molecule has 0 bridgehead atoms. The molecule has 1 N–H and O–H groups in total. The van der Waals surface area contributed by atoms with Gasteiger partial charge < -0.3 is 15.1 Å². The Bertz CT molecular complexity index is 276. The molecule has 1 aliphatic rings. The molecular formula is C12H22F3N3O. The average Bonchev–Trinajstić information content (AvgIpc) is 2.37. The number of amides is 1. The fourth-order valence-corrected chi connectivity index (χ4v) is 2.09. The van der Waals surface area contributed by atoms with Crippen LogP contribution in [0.25, 0.3) is 0 Å². The van der Waals surface area contributed by atoms with E-state index in [0.29, 0.717) is 6.42 Å². The second kappa shape index (κ2) is 7.69. The summed E-state index contributed by atoms with van der Waals surface area (Å²) in [6.45, 7) is 8.33. The third-order valence-electron chi connectivity index (χ3n) is 3.36.